The van der Waals surface area contributed by atoms with Crippen LogP contribution in [0, 0.1) is 5.92 Å². The number of amides is 1. The maximum absolute atomic E-state index is 12.4. The molecule has 2 unspecified atom stereocenters. The van der Waals surface area contributed by atoms with Gasteiger partial charge in [-0.25, -0.2) is 0 Å². The van der Waals surface area contributed by atoms with Gasteiger partial charge in [0, 0.05) is 24.7 Å². The van der Waals surface area contributed by atoms with Crippen LogP contribution in [0.25, 0.3) is 0 Å². The number of rotatable bonds is 6. The minimum atomic E-state index is -0.151. The van der Waals surface area contributed by atoms with Crippen molar-refractivity contribution in [3.8, 4) is 0 Å². The average molecular weight is 281 g/mol. The van der Waals surface area contributed by atoms with E-state index >= 15 is 0 Å². The van der Waals surface area contributed by atoms with Gasteiger partial charge < -0.3 is 10.6 Å². The van der Waals surface area contributed by atoms with Gasteiger partial charge in [0.15, 0.2) is 0 Å². The summed E-state index contributed by atoms with van der Waals surface area (Å²) in [6.45, 7) is 11.4. The van der Waals surface area contributed by atoms with Crippen molar-refractivity contribution >= 4 is 5.91 Å². The molecule has 1 saturated heterocycles. The summed E-state index contributed by atoms with van der Waals surface area (Å²) >= 11 is 0. The zero-order chi connectivity index (χ0) is 14.8. The number of hydrogen-bond donors (Lipinski definition) is 2. The summed E-state index contributed by atoms with van der Waals surface area (Å²) in [7, 11) is 0. The minimum Gasteiger partial charge on any atom is -0.350 e. The van der Waals surface area contributed by atoms with Gasteiger partial charge in [-0.15, -0.1) is 0 Å². The molecular weight excluding hydrogens is 250 g/mol. The van der Waals surface area contributed by atoms with Gasteiger partial charge in [-0.2, -0.15) is 0 Å². The molecule has 116 valence electrons. The van der Waals surface area contributed by atoms with Gasteiger partial charge in [0.1, 0.15) is 0 Å². The molecule has 0 spiro atoms. The molecule has 0 aromatic rings. The van der Waals surface area contributed by atoms with Crippen LogP contribution in [0.5, 0.6) is 0 Å². The summed E-state index contributed by atoms with van der Waals surface area (Å²) in [4.78, 5) is 14.8. The molecule has 20 heavy (non-hydrogen) atoms. The summed E-state index contributed by atoms with van der Waals surface area (Å²) in [6, 6.07) is 0.538. The predicted molar refractivity (Wildman–Crippen MR) is 82.7 cm³/mol. The van der Waals surface area contributed by atoms with E-state index in [0.29, 0.717) is 6.04 Å². The van der Waals surface area contributed by atoms with E-state index in [9.17, 15) is 4.79 Å². The zero-order valence-electron chi connectivity index (χ0n) is 13.5. The predicted octanol–water partition coefficient (Wildman–Crippen LogP) is 1.75. The Bertz CT molecular complexity index is 327. The fourth-order valence-electron chi connectivity index (χ4n) is 2.86. The Hall–Kier alpha value is -0.610. The molecule has 2 N–H and O–H groups in total. The second-order valence-electron chi connectivity index (χ2n) is 7.61. The molecule has 1 heterocycles. The molecule has 0 aromatic carbocycles. The highest BCUT2D eigenvalue weighted by Crippen LogP contribution is 2.30. The van der Waals surface area contributed by atoms with Crippen molar-refractivity contribution in [2.75, 3.05) is 19.6 Å². The lowest BCUT2D eigenvalue weighted by Crippen LogP contribution is -2.53. The van der Waals surface area contributed by atoms with E-state index in [0.717, 1.165) is 25.6 Å². The Kier molecular flexibility index (Phi) is 5.08. The van der Waals surface area contributed by atoms with Gasteiger partial charge in [-0.1, -0.05) is 0 Å². The highest BCUT2D eigenvalue weighted by molar-refractivity contribution is 5.81. The molecule has 2 rings (SSSR count). The van der Waals surface area contributed by atoms with Gasteiger partial charge in [-0.3, -0.25) is 9.69 Å². The van der Waals surface area contributed by atoms with Crippen LogP contribution in [0.2, 0.25) is 0 Å². The minimum absolute atomic E-state index is 0.0303. The first kappa shape index (κ1) is 15.8. The molecule has 1 aliphatic carbocycles. The van der Waals surface area contributed by atoms with Crippen LogP contribution < -0.4 is 10.6 Å². The van der Waals surface area contributed by atoms with Gasteiger partial charge >= 0.3 is 0 Å². The highest BCUT2D eigenvalue weighted by Gasteiger charge is 2.32. The molecule has 2 atom stereocenters. The van der Waals surface area contributed by atoms with E-state index in [2.05, 4.69) is 22.5 Å². The van der Waals surface area contributed by atoms with E-state index in [1.807, 2.05) is 20.8 Å². The Morgan fingerprint density at radius 3 is 2.50 bits per heavy atom. The second kappa shape index (κ2) is 6.44. The fourth-order valence-corrected chi connectivity index (χ4v) is 2.86. The molecule has 0 aromatic heterocycles. The second-order valence-corrected chi connectivity index (χ2v) is 7.61. The maximum Gasteiger partial charge on any atom is 0.237 e. The molecule has 1 aliphatic heterocycles. The highest BCUT2D eigenvalue weighted by atomic mass is 16.2. The summed E-state index contributed by atoms with van der Waals surface area (Å²) in [5, 5.41) is 6.67. The maximum atomic E-state index is 12.4. The van der Waals surface area contributed by atoms with Crippen LogP contribution >= 0.6 is 0 Å². The Morgan fingerprint density at radius 1 is 1.30 bits per heavy atom. The van der Waals surface area contributed by atoms with E-state index in [1.165, 1.54) is 25.7 Å². The molecule has 2 aliphatic rings. The lowest BCUT2D eigenvalue weighted by molar-refractivity contribution is -0.127. The SMILES string of the molecule is CC(C(=O)NC(C)(C)C)N(CC1CC1)CC1CCCN1. The molecule has 1 amide bonds. The molecular formula is C16H31N3O. The first-order valence-electron chi connectivity index (χ1n) is 8.14. The number of nitrogens with one attached hydrogen (secondary N) is 2. The van der Waals surface area contributed by atoms with Crippen molar-refractivity contribution in [3.05, 3.63) is 0 Å². The van der Waals surface area contributed by atoms with Crippen LogP contribution in [0.1, 0.15) is 53.4 Å². The van der Waals surface area contributed by atoms with Gasteiger partial charge in [0.25, 0.3) is 0 Å². The van der Waals surface area contributed by atoms with Gasteiger partial charge in [0.2, 0.25) is 5.91 Å². The van der Waals surface area contributed by atoms with E-state index in [-0.39, 0.29) is 17.5 Å². The van der Waals surface area contributed by atoms with Gasteiger partial charge in [-0.05, 0) is 65.8 Å². The summed E-state index contributed by atoms with van der Waals surface area (Å²) in [5.41, 5.74) is -0.151. The van der Waals surface area contributed by atoms with Crippen LogP contribution in [0.3, 0.4) is 0 Å². The third-order valence-corrected chi connectivity index (χ3v) is 4.23. The molecule has 1 saturated carbocycles. The summed E-state index contributed by atoms with van der Waals surface area (Å²) < 4.78 is 0. The molecule has 4 heteroatoms. The Labute approximate surface area is 123 Å². The Morgan fingerprint density at radius 2 is 2.00 bits per heavy atom. The van der Waals surface area contributed by atoms with Gasteiger partial charge in [0.05, 0.1) is 6.04 Å². The first-order chi connectivity index (χ1) is 9.35. The van der Waals surface area contributed by atoms with Crippen LogP contribution in [0.15, 0.2) is 0 Å². The summed E-state index contributed by atoms with van der Waals surface area (Å²) in [5.74, 6) is 0.984. The van der Waals surface area contributed by atoms with Crippen molar-refractivity contribution in [2.24, 2.45) is 5.92 Å². The van der Waals surface area contributed by atoms with Crippen LogP contribution in [-0.2, 0) is 4.79 Å². The zero-order valence-corrected chi connectivity index (χ0v) is 13.5. The first-order valence-corrected chi connectivity index (χ1v) is 8.14. The number of hydrogen-bond acceptors (Lipinski definition) is 3. The smallest absolute Gasteiger partial charge is 0.237 e. The monoisotopic (exact) mass is 281 g/mol. The number of nitrogens with zero attached hydrogens (tertiary/aromatic N) is 1. The molecule has 2 fully saturated rings. The largest absolute Gasteiger partial charge is 0.350 e. The average Bonchev–Trinajstić information content (AvgIpc) is 2.99. The third kappa shape index (κ3) is 5.06. The quantitative estimate of drug-likeness (QED) is 0.779. The molecule has 4 nitrogen and oxygen atoms in total. The van der Waals surface area contributed by atoms with E-state index in [4.69, 9.17) is 0 Å². The standard InChI is InChI=1S/C16H31N3O/c1-12(15(20)18-16(2,3)4)19(10-13-7-8-13)11-14-6-5-9-17-14/h12-14,17H,5-11H2,1-4H3,(H,18,20). The normalized spacial score (nSPS) is 24.9. The van der Waals surface area contributed by atoms with E-state index in [1.54, 1.807) is 0 Å². The van der Waals surface area contributed by atoms with Crippen molar-refractivity contribution in [2.45, 2.75) is 71.0 Å². The van der Waals surface area contributed by atoms with Crippen molar-refractivity contribution < 1.29 is 4.79 Å². The van der Waals surface area contributed by atoms with Crippen molar-refractivity contribution in [1.29, 1.82) is 0 Å². The molecule has 0 bridgehead atoms. The van der Waals surface area contributed by atoms with Crippen molar-refractivity contribution in [3.63, 3.8) is 0 Å². The molecule has 0 radical (unpaired) electrons. The van der Waals surface area contributed by atoms with Crippen LogP contribution in [-0.4, -0.2) is 48.1 Å². The van der Waals surface area contributed by atoms with Crippen LogP contribution in [0.4, 0.5) is 0 Å². The third-order valence-electron chi connectivity index (χ3n) is 4.23. The fraction of sp³-hybridized carbons (Fsp3) is 0.938. The van der Waals surface area contributed by atoms with Crippen molar-refractivity contribution in [1.82, 2.24) is 15.5 Å². The van der Waals surface area contributed by atoms with E-state index < -0.39 is 0 Å². The summed E-state index contributed by atoms with van der Waals surface area (Å²) in [6.07, 6.45) is 5.18. The number of carbonyl (C=O) groups is 1. The lowest BCUT2D eigenvalue weighted by atomic mass is 10.1. The Balaban J connectivity index is 1.91. The topological polar surface area (TPSA) is 44.4 Å². The number of carbonyl (C=O) groups excluding carboxylic acids is 1. The lowest BCUT2D eigenvalue weighted by Gasteiger charge is -2.33.